The third-order valence-corrected chi connectivity index (χ3v) is 3.19. The standard InChI is InChI=1S/C17H14N3O3/c21-17(22-11-13-7-3-1-4-8-13)20-15(16-18-12-19-23-16)14-9-5-2-6-10-14/h1-10,15H,11H2,(H,20,21)/t15-/m0/s1. The van der Waals surface area contributed by atoms with Gasteiger partial charge in [0.15, 0.2) is 0 Å². The van der Waals surface area contributed by atoms with Crippen LogP contribution in [0.5, 0.6) is 0 Å². The van der Waals surface area contributed by atoms with Gasteiger partial charge in [0.25, 0.3) is 5.89 Å². The molecule has 2 aromatic carbocycles. The molecule has 23 heavy (non-hydrogen) atoms. The van der Waals surface area contributed by atoms with Crippen molar-refractivity contribution in [3.05, 3.63) is 84.0 Å². The predicted octanol–water partition coefficient (Wildman–Crippen LogP) is 2.89. The number of carbonyl (C=O) groups excluding carboxylic acids is 1. The molecule has 0 aliphatic heterocycles. The quantitative estimate of drug-likeness (QED) is 0.784. The second-order valence-electron chi connectivity index (χ2n) is 4.78. The Kier molecular flexibility index (Phi) is 4.63. The van der Waals surface area contributed by atoms with Gasteiger partial charge in [0.05, 0.1) is 0 Å². The van der Waals surface area contributed by atoms with Crippen LogP contribution in [0.4, 0.5) is 4.79 Å². The van der Waals surface area contributed by atoms with Crippen LogP contribution in [0.25, 0.3) is 0 Å². The van der Waals surface area contributed by atoms with Crippen LogP contribution < -0.4 is 5.32 Å². The maximum absolute atomic E-state index is 12.1. The number of amides is 1. The van der Waals surface area contributed by atoms with Crippen molar-refractivity contribution in [3.8, 4) is 0 Å². The first-order valence-corrected chi connectivity index (χ1v) is 7.05. The van der Waals surface area contributed by atoms with Crippen LogP contribution in [0.2, 0.25) is 0 Å². The number of rotatable bonds is 5. The molecular formula is C17H14N3O3. The predicted molar refractivity (Wildman–Crippen MR) is 81.2 cm³/mol. The van der Waals surface area contributed by atoms with E-state index < -0.39 is 12.1 Å². The van der Waals surface area contributed by atoms with Crippen molar-refractivity contribution >= 4 is 6.09 Å². The lowest BCUT2D eigenvalue weighted by Crippen LogP contribution is -2.30. The molecule has 1 radical (unpaired) electrons. The van der Waals surface area contributed by atoms with E-state index in [2.05, 4.69) is 21.8 Å². The molecule has 3 aromatic rings. The topological polar surface area (TPSA) is 77.3 Å². The van der Waals surface area contributed by atoms with Crippen LogP contribution in [0.1, 0.15) is 23.1 Å². The van der Waals surface area contributed by atoms with Gasteiger partial charge in [-0.2, -0.15) is 4.98 Å². The SMILES string of the molecule is O=C(N[C@@H](c1ccccc1)c1n[c]no1)OCc1ccccc1. The minimum atomic E-state index is -0.585. The van der Waals surface area contributed by atoms with Crippen LogP contribution in [0.3, 0.4) is 0 Å². The normalized spacial score (nSPS) is 11.7. The fourth-order valence-corrected chi connectivity index (χ4v) is 2.09. The summed E-state index contributed by atoms with van der Waals surface area (Å²) in [6, 6.07) is 18.2. The number of alkyl carbamates (subject to hydrolysis) is 1. The molecule has 1 heterocycles. The zero-order valence-corrected chi connectivity index (χ0v) is 12.2. The molecule has 6 heteroatoms. The van der Waals surface area contributed by atoms with Gasteiger partial charge in [-0.15, -0.1) is 0 Å². The van der Waals surface area contributed by atoms with E-state index in [-0.39, 0.29) is 12.5 Å². The van der Waals surface area contributed by atoms with Gasteiger partial charge in [-0.05, 0) is 11.1 Å². The molecule has 0 saturated heterocycles. The molecule has 0 aliphatic carbocycles. The minimum absolute atomic E-state index is 0.185. The van der Waals surface area contributed by atoms with Crippen molar-refractivity contribution in [1.29, 1.82) is 0 Å². The summed E-state index contributed by atoms with van der Waals surface area (Å²) < 4.78 is 10.3. The second-order valence-corrected chi connectivity index (χ2v) is 4.78. The Morgan fingerprint density at radius 2 is 1.83 bits per heavy atom. The molecule has 1 N–H and O–H groups in total. The molecule has 0 bridgehead atoms. The Labute approximate surface area is 133 Å². The first kappa shape index (κ1) is 14.8. The van der Waals surface area contributed by atoms with E-state index in [4.69, 9.17) is 9.26 Å². The molecule has 0 unspecified atom stereocenters. The van der Waals surface area contributed by atoms with Crippen molar-refractivity contribution < 1.29 is 14.1 Å². The maximum atomic E-state index is 12.1. The van der Waals surface area contributed by atoms with Crippen LogP contribution >= 0.6 is 0 Å². The molecule has 0 fully saturated rings. The summed E-state index contributed by atoms with van der Waals surface area (Å²) in [5.74, 6) is 0.243. The number of ether oxygens (including phenoxy) is 1. The summed E-state index contributed by atoms with van der Waals surface area (Å²) in [6.07, 6.45) is 1.78. The number of carbonyl (C=O) groups is 1. The Bertz CT molecular complexity index is 730. The Morgan fingerprint density at radius 1 is 1.13 bits per heavy atom. The second kappa shape index (κ2) is 7.22. The van der Waals surface area contributed by atoms with Gasteiger partial charge in [-0.3, -0.25) is 0 Å². The number of nitrogens with one attached hydrogen (secondary N) is 1. The van der Waals surface area contributed by atoms with E-state index >= 15 is 0 Å². The molecule has 0 saturated carbocycles. The highest BCUT2D eigenvalue weighted by molar-refractivity contribution is 5.68. The zero-order chi connectivity index (χ0) is 15.9. The highest BCUT2D eigenvalue weighted by atomic mass is 16.5. The molecule has 3 rings (SSSR count). The minimum Gasteiger partial charge on any atom is -0.445 e. The Hall–Kier alpha value is -3.15. The first-order valence-electron chi connectivity index (χ1n) is 7.05. The van der Waals surface area contributed by atoms with Gasteiger partial charge in [0.2, 0.25) is 6.33 Å². The zero-order valence-electron chi connectivity index (χ0n) is 12.2. The molecule has 1 aromatic heterocycles. The smallest absolute Gasteiger partial charge is 0.408 e. The number of hydrogen-bond donors (Lipinski definition) is 1. The summed E-state index contributed by atoms with van der Waals surface area (Å²) in [7, 11) is 0. The molecule has 0 spiro atoms. The van der Waals surface area contributed by atoms with Gasteiger partial charge in [0.1, 0.15) is 12.6 Å². The maximum Gasteiger partial charge on any atom is 0.408 e. The van der Waals surface area contributed by atoms with E-state index in [1.807, 2.05) is 60.7 Å². The lowest BCUT2D eigenvalue weighted by atomic mass is 10.1. The molecule has 1 atom stereocenters. The summed E-state index contributed by atoms with van der Waals surface area (Å²) in [5.41, 5.74) is 1.71. The first-order chi connectivity index (χ1) is 11.3. The van der Waals surface area contributed by atoms with E-state index in [9.17, 15) is 4.79 Å². The lowest BCUT2D eigenvalue weighted by Gasteiger charge is -2.15. The highest BCUT2D eigenvalue weighted by Gasteiger charge is 2.22. The number of nitrogens with zero attached hydrogens (tertiary/aromatic N) is 2. The summed E-state index contributed by atoms with van der Waals surface area (Å²) in [6.45, 7) is 0.185. The molecule has 0 aliphatic rings. The number of benzene rings is 2. The summed E-state index contributed by atoms with van der Waals surface area (Å²) >= 11 is 0. The van der Waals surface area contributed by atoms with Gasteiger partial charge >= 0.3 is 6.09 Å². The van der Waals surface area contributed by atoms with E-state index in [1.54, 1.807) is 0 Å². The van der Waals surface area contributed by atoms with Gasteiger partial charge in [-0.1, -0.05) is 65.8 Å². The van der Waals surface area contributed by atoms with Crippen molar-refractivity contribution in [2.24, 2.45) is 0 Å². The van der Waals surface area contributed by atoms with Crippen molar-refractivity contribution in [2.45, 2.75) is 12.6 Å². The summed E-state index contributed by atoms with van der Waals surface area (Å²) in [5, 5.41) is 6.19. The molecule has 115 valence electrons. The third kappa shape index (κ3) is 3.94. The molecule has 6 nitrogen and oxygen atoms in total. The average Bonchev–Trinajstić information content (AvgIpc) is 3.14. The van der Waals surface area contributed by atoms with Gasteiger partial charge < -0.3 is 14.6 Å². The largest absolute Gasteiger partial charge is 0.445 e. The number of hydrogen-bond acceptors (Lipinski definition) is 5. The third-order valence-electron chi connectivity index (χ3n) is 3.19. The van der Waals surface area contributed by atoms with Crippen molar-refractivity contribution in [2.75, 3.05) is 0 Å². The lowest BCUT2D eigenvalue weighted by molar-refractivity contribution is 0.135. The van der Waals surface area contributed by atoms with Crippen LogP contribution in [-0.4, -0.2) is 16.2 Å². The van der Waals surface area contributed by atoms with Crippen LogP contribution in [0, 0.1) is 6.33 Å². The van der Waals surface area contributed by atoms with E-state index in [1.165, 1.54) is 0 Å². The van der Waals surface area contributed by atoms with Gasteiger partial charge in [0, 0.05) is 0 Å². The van der Waals surface area contributed by atoms with E-state index in [0.717, 1.165) is 11.1 Å². The van der Waals surface area contributed by atoms with E-state index in [0.29, 0.717) is 0 Å². The Morgan fingerprint density at radius 3 is 2.48 bits per heavy atom. The van der Waals surface area contributed by atoms with Crippen LogP contribution in [-0.2, 0) is 11.3 Å². The number of aromatic nitrogens is 2. The highest BCUT2D eigenvalue weighted by Crippen LogP contribution is 2.19. The fraction of sp³-hybridized carbons (Fsp3) is 0.118. The summed E-state index contributed by atoms with van der Waals surface area (Å²) in [4.78, 5) is 16.0. The molecular weight excluding hydrogens is 294 g/mol. The van der Waals surface area contributed by atoms with Crippen molar-refractivity contribution in [3.63, 3.8) is 0 Å². The molecule has 1 amide bonds. The van der Waals surface area contributed by atoms with Gasteiger partial charge in [-0.25, -0.2) is 4.79 Å². The fourth-order valence-electron chi connectivity index (χ4n) is 2.09. The average molecular weight is 308 g/mol. The van der Waals surface area contributed by atoms with Crippen LogP contribution in [0.15, 0.2) is 65.2 Å². The Balaban J connectivity index is 1.68. The monoisotopic (exact) mass is 308 g/mol. The van der Waals surface area contributed by atoms with Crippen molar-refractivity contribution in [1.82, 2.24) is 15.5 Å².